The van der Waals surface area contributed by atoms with Crippen LogP contribution in [0.5, 0.6) is 11.5 Å². The third-order valence-electron chi connectivity index (χ3n) is 4.85. The lowest BCUT2D eigenvalue weighted by molar-refractivity contribution is -0.147. The summed E-state index contributed by atoms with van der Waals surface area (Å²) < 4.78 is 10.7. The third kappa shape index (κ3) is 8.31. The second-order valence-electron chi connectivity index (χ2n) is 7.47. The van der Waals surface area contributed by atoms with Gasteiger partial charge in [-0.25, -0.2) is 0 Å². The number of amides is 2. The first-order chi connectivity index (χ1) is 16.8. The summed E-state index contributed by atoms with van der Waals surface area (Å²) in [5, 5.41) is 6.30. The highest BCUT2D eigenvalue weighted by atomic mass is 35.5. The van der Waals surface area contributed by atoms with E-state index in [1.807, 2.05) is 25.1 Å². The van der Waals surface area contributed by atoms with Crippen molar-refractivity contribution in [2.75, 3.05) is 17.2 Å². The molecule has 2 amide bonds. The lowest BCUT2D eigenvalue weighted by Crippen LogP contribution is -2.22. The quantitative estimate of drug-likeness (QED) is 0.312. The SMILES string of the molecule is CCc1ccccc1NC(=O)COC(=O)CCC(=O)Nc1ccc(Oc2ccc(Cl)cc2Cl)cc1. The second kappa shape index (κ2) is 12.8. The zero-order valence-corrected chi connectivity index (χ0v) is 20.5. The Hall–Kier alpha value is -3.55. The van der Waals surface area contributed by atoms with E-state index in [0.29, 0.717) is 32.9 Å². The molecule has 0 bridgehead atoms. The number of esters is 1. The molecule has 0 aromatic heterocycles. The van der Waals surface area contributed by atoms with E-state index in [4.69, 9.17) is 32.7 Å². The Bertz CT molecular complexity index is 1200. The number of aryl methyl sites for hydroxylation is 1. The van der Waals surface area contributed by atoms with Crippen molar-refractivity contribution in [2.45, 2.75) is 26.2 Å². The van der Waals surface area contributed by atoms with E-state index in [0.717, 1.165) is 12.0 Å². The molecule has 3 aromatic rings. The summed E-state index contributed by atoms with van der Waals surface area (Å²) in [6.45, 7) is 1.56. The number of para-hydroxylation sites is 1. The number of halogens is 2. The van der Waals surface area contributed by atoms with Crippen molar-refractivity contribution < 1.29 is 23.9 Å². The fraction of sp³-hybridized carbons (Fsp3) is 0.192. The molecule has 0 unspecified atom stereocenters. The summed E-state index contributed by atoms with van der Waals surface area (Å²) in [5.41, 5.74) is 2.20. The van der Waals surface area contributed by atoms with Crippen molar-refractivity contribution in [3.05, 3.63) is 82.3 Å². The smallest absolute Gasteiger partial charge is 0.306 e. The maximum Gasteiger partial charge on any atom is 0.306 e. The first kappa shape index (κ1) is 26.1. The number of hydrogen-bond donors (Lipinski definition) is 2. The maximum atomic E-state index is 12.2. The summed E-state index contributed by atoms with van der Waals surface area (Å²) in [5.74, 6) is -0.462. The molecule has 0 saturated carbocycles. The molecule has 0 aliphatic rings. The Morgan fingerprint density at radius 1 is 0.857 bits per heavy atom. The van der Waals surface area contributed by atoms with E-state index in [9.17, 15) is 14.4 Å². The Balaban J connectivity index is 1.39. The van der Waals surface area contributed by atoms with Gasteiger partial charge in [-0.2, -0.15) is 0 Å². The van der Waals surface area contributed by atoms with Crippen molar-refractivity contribution in [1.29, 1.82) is 0 Å². The van der Waals surface area contributed by atoms with Crippen molar-refractivity contribution in [3.63, 3.8) is 0 Å². The molecular formula is C26H24Cl2N2O5. The van der Waals surface area contributed by atoms with Crippen LogP contribution in [-0.4, -0.2) is 24.4 Å². The molecule has 3 aromatic carbocycles. The van der Waals surface area contributed by atoms with Crippen LogP contribution in [0.1, 0.15) is 25.3 Å². The van der Waals surface area contributed by atoms with Crippen LogP contribution in [0.25, 0.3) is 0 Å². The van der Waals surface area contributed by atoms with Gasteiger partial charge in [0.05, 0.1) is 11.4 Å². The van der Waals surface area contributed by atoms with Gasteiger partial charge < -0.3 is 20.1 Å². The van der Waals surface area contributed by atoms with Crippen molar-refractivity contribution in [3.8, 4) is 11.5 Å². The van der Waals surface area contributed by atoms with Gasteiger partial charge in [0, 0.05) is 22.8 Å². The van der Waals surface area contributed by atoms with Crippen LogP contribution in [0.4, 0.5) is 11.4 Å². The number of ether oxygens (including phenoxy) is 2. The van der Waals surface area contributed by atoms with Crippen LogP contribution < -0.4 is 15.4 Å². The van der Waals surface area contributed by atoms with Crippen molar-refractivity contribution >= 4 is 52.4 Å². The van der Waals surface area contributed by atoms with Gasteiger partial charge in [-0.1, -0.05) is 48.3 Å². The number of nitrogens with one attached hydrogen (secondary N) is 2. The maximum absolute atomic E-state index is 12.2. The van der Waals surface area contributed by atoms with Gasteiger partial charge >= 0.3 is 5.97 Å². The molecule has 2 N–H and O–H groups in total. The van der Waals surface area contributed by atoms with Gasteiger partial charge in [-0.05, 0) is 60.5 Å². The van der Waals surface area contributed by atoms with Gasteiger partial charge in [-0.15, -0.1) is 0 Å². The lowest BCUT2D eigenvalue weighted by Gasteiger charge is -2.10. The molecule has 0 heterocycles. The molecule has 35 heavy (non-hydrogen) atoms. The minimum absolute atomic E-state index is 0.0856. The molecule has 0 spiro atoms. The Kier molecular flexibility index (Phi) is 9.52. The van der Waals surface area contributed by atoms with E-state index in [2.05, 4.69) is 10.6 Å². The Morgan fingerprint density at radius 3 is 2.31 bits per heavy atom. The topological polar surface area (TPSA) is 93.7 Å². The standard InChI is InChI=1S/C26H24Cl2N2O5/c1-2-17-5-3-4-6-22(17)30-25(32)16-34-26(33)14-13-24(31)29-19-8-10-20(11-9-19)35-23-12-7-18(27)15-21(23)28/h3-12,15H,2,13-14,16H2,1H3,(H,29,31)(H,30,32). The number of anilines is 2. The molecule has 0 radical (unpaired) electrons. The fourth-order valence-corrected chi connectivity index (χ4v) is 3.53. The number of hydrogen-bond acceptors (Lipinski definition) is 5. The van der Waals surface area contributed by atoms with E-state index in [1.54, 1.807) is 48.5 Å². The van der Waals surface area contributed by atoms with Crippen LogP contribution >= 0.6 is 23.2 Å². The number of carbonyl (C=O) groups excluding carboxylic acids is 3. The summed E-state index contributed by atoms with van der Waals surface area (Å²) in [4.78, 5) is 36.1. The first-order valence-electron chi connectivity index (χ1n) is 10.9. The first-order valence-corrected chi connectivity index (χ1v) is 11.7. The van der Waals surface area contributed by atoms with Gasteiger partial charge in [0.15, 0.2) is 6.61 Å². The zero-order valence-electron chi connectivity index (χ0n) is 19.0. The van der Waals surface area contributed by atoms with Crippen LogP contribution in [0, 0.1) is 0 Å². The van der Waals surface area contributed by atoms with E-state index in [1.165, 1.54) is 0 Å². The normalized spacial score (nSPS) is 10.4. The second-order valence-corrected chi connectivity index (χ2v) is 8.31. The van der Waals surface area contributed by atoms with Gasteiger partial charge in [0.2, 0.25) is 5.91 Å². The summed E-state index contributed by atoms with van der Waals surface area (Å²) >= 11 is 12.0. The van der Waals surface area contributed by atoms with Gasteiger partial charge in [-0.3, -0.25) is 14.4 Å². The molecule has 3 rings (SSSR count). The summed E-state index contributed by atoms with van der Waals surface area (Å²) in [7, 11) is 0. The monoisotopic (exact) mass is 514 g/mol. The molecule has 9 heteroatoms. The third-order valence-corrected chi connectivity index (χ3v) is 5.38. The largest absolute Gasteiger partial charge is 0.456 e. The molecule has 0 atom stereocenters. The number of benzene rings is 3. The Morgan fingerprint density at radius 2 is 1.60 bits per heavy atom. The van der Waals surface area contributed by atoms with Gasteiger partial charge in [0.25, 0.3) is 5.91 Å². The van der Waals surface area contributed by atoms with Gasteiger partial charge in [0.1, 0.15) is 11.5 Å². The molecular weight excluding hydrogens is 491 g/mol. The average molecular weight is 515 g/mol. The molecule has 0 aliphatic carbocycles. The summed E-state index contributed by atoms with van der Waals surface area (Å²) in [6, 6.07) is 19.0. The molecule has 0 fully saturated rings. The summed E-state index contributed by atoms with van der Waals surface area (Å²) in [6.07, 6.45) is 0.524. The van der Waals surface area contributed by atoms with Crippen molar-refractivity contribution in [1.82, 2.24) is 0 Å². The molecule has 182 valence electrons. The predicted molar refractivity (Wildman–Crippen MR) is 136 cm³/mol. The fourth-order valence-electron chi connectivity index (χ4n) is 3.09. The average Bonchev–Trinajstić information content (AvgIpc) is 2.84. The Labute approximate surface area is 213 Å². The molecule has 7 nitrogen and oxygen atoms in total. The number of rotatable bonds is 10. The molecule has 0 saturated heterocycles. The zero-order chi connectivity index (χ0) is 25.2. The highest BCUT2D eigenvalue weighted by Crippen LogP contribution is 2.32. The van der Waals surface area contributed by atoms with E-state index >= 15 is 0 Å². The minimum atomic E-state index is -0.636. The predicted octanol–water partition coefficient (Wildman–Crippen LogP) is 6.25. The van der Waals surface area contributed by atoms with E-state index < -0.39 is 18.5 Å². The van der Waals surface area contributed by atoms with Crippen LogP contribution in [-0.2, 0) is 25.5 Å². The highest BCUT2D eigenvalue weighted by molar-refractivity contribution is 6.35. The molecule has 0 aliphatic heterocycles. The number of carbonyl (C=O) groups is 3. The highest BCUT2D eigenvalue weighted by Gasteiger charge is 2.12. The van der Waals surface area contributed by atoms with Crippen molar-refractivity contribution in [2.24, 2.45) is 0 Å². The van der Waals surface area contributed by atoms with Crippen LogP contribution in [0.3, 0.4) is 0 Å². The lowest BCUT2D eigenvalue weighted by atomic mass is 10.1. The van der Waals surface area contributed by atoms with Crippen LogP contribution in [0.15, 0.2) is 66.7 Å². The minimum Gasteiger partial charge on any atom is -0.456 e. The van der Waals surface area contributed by atoms with Crippen LogP contribution in [0.2, 0.25) is 10.0 Å². The van der Waals surface area contributed by atoms with E-state index in [-0.39, 0.29) is 18.7 Å².